The lowest BCUT2D eigenvalue weighted by atomic mass is 10.1. The molecule has 5 nitrogen and oxygen atoms in total. The molecule has 1 atom stereocenters. The summed E-state index contributed by atoms with van der Waals surface area (Å²) in [7, 11) is 0. The van der Waals surface area contributed by atoms with Gasteiger partial charge in [-0.05, 0) is 36.8 Å². The monoisotopic (exact) mass is 280 g/mol. The Balaban J connectivity index is 1.63. The predicted molar refractivity (Wildman–Crippen MR) is 79.2 cm³/mol. The average Bonchev–Trinajstić information content (AvgIpc) is 3.03. The molecule has 0 unspecified atom stereocenters. The number of rotatable bonds is 5. The first kappa shape index (κ1) is 13.5. The van der Waals surface area contributed by atoms with Gasteiger partial charge < -0.3 is 9.84 Å². The van der Waals surface area contributed by atoms with E-state index in [0.717, 1.165) is 5.56 Å². The number of nitrogens with one attached hydrogen (secondary N) is 1. The molecule has 1 N–H and O–H groups in total. The summed E-state index contributed by atoms with van der Waals surface area (Å²) in [4.78, 5) is 8.41. The molecule has 0 spiro atoms. The zero-order valence-electron chi connectivity index (χ0n) is 11.7. The van der Waals surface area contributed by atoms with Crippen LogP contribution in [0.2, 0.25) is 0 Å². The highest BCUT2D eigenvalue weighted by atomic mass is 16.5. The second kappa shape index (κ2) is 6.28. The van der Waals surface area contributed by atoms with Gasteiger partial charge >= 0.3 is 0 Å². The third-order valence-electron chi connectivity index (χ3n) is 3.26. The van der Waals surface area contributed by atoms with Gasteiger partial charge in [0.1, 0.15) is 0 Å². The number of pyridine rings is 1. The van der Waals surface area contributed by atoms with Gasteiger partial charge in [-0.15, -0.1) is 0 Å². The predicted octanol–water partition coefficient (Wildman–Crippen LogP) is 2.98. The Kier molecular flexibility index (Phi) is 4.02. The fourth-order valence-electron chi connectivity index (χ4n) is 2.04. The van der Waals surface area contributed by atoms with E-state index in [9.17, 15) is 0 Å². The van der Waals surface area contributed by atoms with Crippen LogP contribution in [0.1, 0.15) is 24.4 Å². The lowest BCUT2D eigenvalue weighted by Gasteiger charge is -2.11. The van der Waals surface area contributed by atoms with Gasteiger partial charge in [-0.3, -0.25) is 4.98 Å². The van der Waals surface area contributed by atoms with Crippen molar-refractivity contribution in [3.63, 3.8) is 0 Å². The SMILES string of the molecule is C[C@@H](NCc1noc(-c2ccccc2)n1)c1ccncc1. The van der Waals surface area contributed by atoms with E-state index in [-0.39, 0.29) is 6.04 Å². The fraction of sp³-hybridized carbons (Fsp3) is 0.188. The molecule has 0 saturated carbocycles. The minimum Gasteiger partial charge on any atom is -0.334 e. The van der Waals surface area contributed by atoms with Crippen LogP contribution < -0.4 is 5.32 Å². The van der Waals surface area contributed by atoms with E-state index in [1.54, 1.807) is 12.4 Å². The van der Waals surface area contributed by atoms with Crippen molar-refractivity contribution in [3.05, 3.63) is 66.2 Å². The summed E-state index contributed by atoms with van der Waals surface area (Å²) in [6.45, 7) is 2.65. The highest BCUT2D eigenvalue weighted by molar-refractivity contribution is 5.51. The molecular weight excluding hydrogens is 264 g/mol. The zero-order chi connectivity index (χ0) is 14.5. The molecule has 5 heteroatoms. The van der Waals surface area contributed by atoms with E-state index in [1.165, 1.54) is 5.56 Å². The van der Waals surface area contributed by atoms with Crippen molar-refractivity contribution in [2.45, 2.75) is 19.5 Å². The van der Waals surface area contributed by atoms with E-state index in [0.29, 0.717) is 18.3 Å². The van der Waals surface area contributed by atoms with Crippen LogP contribution >= 0.6 is 0 Å². The molecule has 3 rings (SSSR count). The highest BCUT2D eigenvalue weighted by Crippen LogP contribution is 2.16. The van der Waals surface area contributed by atoms with E-state index in [4.69, 9.17) is 4.52 Å². The Morgan fingerprint density at radius 2 is 1.86 bits per heavy atom. The molecule has 0 saturated heterocycles. The molecule has 0 aliphatic carbocycles. The Morgan fingerprint density at radius 3 is 2.62 bits per heavy atom. The maximum Gasteiger partial charge on any atom is 0.257 e. The first-order chi connectivity index (χ1) is 10.3. The minimum atomic E-state index is 0.201. The van der Waals surface area contributed by atoms with Crippen molar-refractivity contribution >= 4 is 0 Å². The maximum atomic E-state index is 5.28. The molecule has 2 heterocycles. The smallest absolute Gasteiger partial charge is 0.257 e. The second-order valence-electron chi connectivity index (χ2n) is 4.76. The highest BCUT2D eigenvalue weighted by Gasteiger charge is 2.10. The molecule has 2 aromatic heterocycles. The summed E-state index contributed by atoms with van der Waals surface area (Å²) < 4.78 is 5.28. The molecule has 0 fully saturated rings. The average molecular weight is 280 g/mol. The van der Waals surface area contributed by atoms with Crippen molar-refractivity contribution in [2.75, 3.05) is 0 Å². The topological polar surface area (TPSA) is 63.8 Å². The third-order valence-corrected chi connectivity index (χ3v) is 3.26. The van der Waals surface area contributed by atoms with Gasteiger partial charge in [-0.25, -0.2) is 0 Å². The number of hydrogen-bond acceptors (Lipinski definition) is 5. The normalized spacial score (nSPS) is 12.2. The number of aromatic nitrogens is 3. The summed E-state index contributed by atoms with van der Waals surface area (Å²) in [5, 5.41) is 7.36. The van der Waals surface area contributed by atoms with Crippen LogP contribution in [0.15, 0.2) is 59.4 Å². The Bertz CT molecular complexity index is 682. The van der Waals surface area contributed by atoms with Crippen LogP contribution in [-0.2, 0) is 6.54 Å². The van der Waals surface area contributed by atoms with Crippen LogP contribution in [0.3, 0.4) is 0 Å². The maximum absolute atomic E-state index is 5.28. The molecule has 21 heavy (non-hydrogen) atoms. The number of benzene rings is 1. The van der Waals surface area contributed by atoms with E-state index in [1.807, 2.05) is 42.5 Å². The molecule has 0 aliphatic heterocycles. The lowest BCUT2D eigenvalue weighted by Crippen LogP contribution is -2.18. The molecule has 106 valence electrons. The summed E-state index contributed by atoms with van der Waals surface area (Å²) in [5.74, 6) is 1.19. The zero-order valence-corrected chi connectivity index (χ0v) is 11.7. The van der Waals surface area contributed by atoms with Crippen LogP contribution in [0, 0.1) is 0 Å². The quantitative estimate of drug-likeness (QED) is 0.778. The van der Waals surface area contributed by atoms with Gasteiger partial charge in [-0.2, -0.15) is 4.98 Å². The Morgan fingerprint density at radius 1 is 1.10 bits per heavy atom. The molecular formula is C16H16N4O. The van der Waals surface area contributed by atoms with Gasteiger partial charge in [0.15, 0.2) is 5.82 Å². The number of nitrogens with zero attached hydrogens (tertiary/aromatic N) is 3. The summed E-state index contributed by atoms with van der Waals surface area (Å²) in [6, 6.07) is 13.9. The van der Waals surface area contributed by atoms with Crippen molar-refractivity contribution in [3.8, 4) is 11.5 Å². The first-order valence-corrected chi connectivity index (χ1v) is 6.84. The van der Waals surface area contributed by atoms with E-state index < -0.39 is 0 Å². The van der Waals surface area contributed by atoms with Gasteiger partial charge in [0.2, 0.25) is 0 Å². The van der Waals surface area contributed by atoms with Crippen LogP contribution in [0.4, 0.5) is 0 Å². The van der Waals surface area contributed by atoms with Gasteiger partial charge in [0.05, 0.1) is 6.54 Å². The molecule has 0 aliphatic rings. The standard InChI is InChI=1S/C16H16N4O/c1-12(13-7-9-17-10-8-13)18-11-15-19-16(21-20-15)14-5-3-2-4-6-14/h2-10,12,18H,11H2,1H3/t12-/m1/s1. The van der Waals surface area contributed by atoms with Gasteiger partial charge in [0.25, 0.3) is 5.89 Å². The number of hydrogen-bond donors (Lipinski definition) is 1. The van der Waals surface area contributed by atoms with E-state index >= 15 is 0 Å². The second-order valence-corrected chi connectivity index (χ2v) is 4.76. The molecule has 0 bridgehead atoms. The molecule has 3 aromatic rings. The van der Waals surface area contributed by atoms with Crippen molar-refractivity contribution in [1.29, 1.82) is 0 Å². The van der Waals surface area contributed by atoms with Crippen molar-refractivity contribution in [1.82, 2.24) is 20.4 Å². The summed E-state index contributed by atoms with van der Waals surface area (Å²) in [5.41, 5.74) is 2.11. The Labute approximate surface area is 123 Å². The summed E-state index contributed by atoms with van der Waals surface area (Å²) >= 11 is 0. The van der Waals surface area contributed by atoms with Gasteiger partial charge in [0, 0.05) is 24.0 Å². The van der Waals surface area contributed by atoms with Crippen LogP contribution in [0.25, 0.3) is 11.5 Å². The fourth-order valence-corrected chi connectivity index (χ4v) is 2.04. The molecule has 0 radical (unpaired) electrons. The molecule has 1 aromatic carbocycles. The minimum absolute atomic E-state index is 0.201. The summed E-state index contributed by atoms with van der Waals surface area (Å²) in [6.07, 6.45) is 3.57. The van der Waals surface area contributed by atoms with Crippen molar-refractivity contribution in [2.24, 2.45) is 0 Å². The van der Waals surface area contributed by atoms with Crippen LogP contribution in [0.5, 0.6) is 0 Å². The van der Waals surface area contributed by atoms with E-state index in [2.05, 4.69) is 27.4 Å². The first-order valence-electron chi connectivity index (χ1n) is 6.84. The lowest BCUT2D eigenvalue weighted by molar-refractivity contribution is 0.416. The van der Waals surface area contributed by atoms with Crippen molar-refractivity contribution < 1.29 is 4.52 Å². The Hall–Kier alpha value is -2.53. The van der Waals surface area contributed by atoms with Gasteiger partial charge in [-0.1, -0.05) is 23.4 Å². The largest absolute Gasteiger partial charge is 0.334 e. The van der Waals surface area contributed by atoms with Crippen LogP contribution in [-0.4, -0.2) is 15.1 Å². The third kappa shape index (κ3) is 3.32. The molecule has 0 amide bonds.